The maximum absolute atomic E-state index is 13.7. The van der Waals surface area contributed by atoms with Gasteiger partial charge in [0.2, 0.25) is 5.84 Å². The SMILES string of the molecule is CN1C2N=C(C(F)(F)F)N=C(C(F)(F)F)C2=C(NC(=O)O)N1c1c(Cl)cc(C(F)(F)F)cc1Cl. The van der Waals surface area contributed by atoms with Crippen molar-refractivity contribution in [1.82, 2.24) is 10.3 Å². The number of hydrazine groups is 1. The fraction of sp³-hybridized carbons (Fsp3) is 0.312. The molecule has 0 aliphatic carbocycles. The van der Waals surface area contributed by atoms with Crippen molar-refractivity contribution in [2.75, 3.05) is 12.1 Å². The summed E-state index contributed by atoms with van der Waals surface area (Å²) in [6.45, 7) is 0. The Morgan fingerprint density at radius 3 is 1.94 bits per heavy atom. The highest BCUT2D eigenvalue weighted by Gasteiger charge is 2.54. The number of carboxylic acid groups (broad SMARTS) is 1. The van der Waals surface area contributed by atoms with Crippen LogP contribution in [-0.2, 0) is 6.18 Å². The maximum atomic E-state index is 13.7. The third-order valence-corrected chi connectivity index (χ3v) is 4.99. The van der Waals surface area contributed by atoms with Gasteiger partial charge >= 0.3 is 24.6 Å². The van der Waals surface area contributed by atoms with Crippen molar-refractivity contribution in [1.29, 1.82) is 0 Å². The van der Waals surface area contributed by atoms with Crippen LogP contribution in [0.1, 0.15) is 5.56 Å². The lowest BCUT2D eigenvalue weighted by Gasteiger charge is -2.32. The standard InChI is InChI=1S/C16H8Cl2F9N5O2/c1-31-10-7(9(15(22,23)24)28-12(29-10)16(25,26)27)11(30-13(33)34)32(31)8-5(17)2-4(3-6(8)18)14(19,20)21/h2-3,10,30H,1H3,(H,33,34). The molecule has 0 aromatic heterocycles. The fourth-order valence-corrected chi connectivity index (χ4v) is 3.81. The molecular weight excluding hydrogens is 536 g/mol. The van der Waals surface area contributed by atoms with Crippen LogP contribution in [0.4, 0.5) is 50.0 Å². The van der Waals surface area contributed by atoms with Crippen LogP contribution >= 0.6 is 23.2 Å². The van der Waals surface area contributed by atoms with Crippen molar-refractivity contribution < 1.29 is 49.4 Å². The van der Waals surface area contributed by atoms with E-state index in [2.05, 4.69) is 9.98 Å². The molecule has 0 saturated heterocycles. The quantitative estimate of drug-likeness (QED) is 0.485. The van der Waals surface area contributed by atoms with E-state index in [1.165, 1.54) is 0 Å². The Labute approximate surface area is 192 Å². The molecule has 2 aliphatic rings. The predicted octanol–water partition coefficient (Wildman–Crippen LogP) is 5.46. The fourth-order valence-electron chi connectivity index (χ4n) is 3.16. The lowest BCUT2D eigenvalue weighted by molar-refractivity contribution is -0.137. The number of carbonyl (C=O) groups is 1. The number of likely N-dealkylation sites (N-methyl/N-ethyl adjacent to an activating group) is 1. The Morgan fingerprint density at radius 1 is 1.00 bits per heavy atom. The second-order valence-electron chi connectivity index (χ2n) is 6.65. The normalized spacial score (nSPS) is 19.8. The smallest absolute Gasteiger partial charge is 0.451 e. The number of aliphatic imine (C=N–C) groups is 2. The molecule has 0 radical (unpaired) electrons. The molecule has 1 atom stereocenters. The molecule has 2 aliphatic heterocycles. The highest BCUT2D eigenvalue weighted by atomic mass is 35.5. The van der Waals surface area contributed by atoms with E-state index in [1.807, 2.05) is 0 Å². The molecule has 3 rings (SSSR count). The maximum Gasteiger partial charge on any atom is 0.451 e. The molecule has 2 heterocycles. The molecule has 2 N–H and O–H groups in total. The third kappa shape index (κ3) is 4.61. The monoisotopic (exact) mass is 543 g/mol. The number of anilines is 1. The van der Waals surface area contributed by atoms with Crippen molar-refractivity contribution in [2.45, 2.75) is 24.7 Å². The molecule has 1 aromatic rings. The molecule has 186 valence electrons. The molecule has 18 heteroatoms. The molecule has 34 heavy (non-hydrogen) atoms. The van der Waals surface area contributed by atoms with Gasteiger partial charge in [-0.3, -0.25) is 10.3 Å². The molecule has 1 aromatic carbocycles. The topological polar surface area (TPSA) is 80.5 Å². The number of hydrogen-bond acceptors (Lipinski definition) is 5. The number of amidine groups is 1. The number of hydrogen-bond donors (Lipinski definition) is 2. The Bertz CT molecular complexity index is 1120. The van der Waals surface area contributed by atoms with Gasteiger partial charge in [0.05, 0.1) is 26.9 Å². The second kappa shape index (κ2) is 8.20. The first-order valence-electron chi connectivity index (χ1n) is 8.48. The van der Waals surface area contributed by atoms with E-state index in [0.29, 0.717) is 22.2 Å². The van der Waals surface area contributed by atoms with Crippen molar-refractivity contribution in [3.8, 4) is 0 Å². The van der Waals surface area contributed by atoms with E-state index in [-0.39, 0.29) is 0 Å². The Balaban J connectivity index is 2.32. The van der Waals surface area contributed by atoms with Crippen LogP contribution in [0.25, 0.3) is 0 Å². The van der Waals surface area contributed by atoms with Gasteiger partial charge in [0.1, 0.15) is 5.82 Å². The number of alkyl halides is 9. The zero-order chi connectivity index (χ0) is 26.0. The van der Waals surface area contributed by atoms with E-state index < -0.39 is 75.0 Å². The van der Waals surface area contributed by atoms with E-state index in [9.17, 15) is 44.3 Å². The molecule has 1 unspecified atom stereocenters. The molecule has 0 fully saturated rings. The predicted molar refractivity (Wildman–Crippen MR) is 101 cm³/mol. The van der Waals surface area contributed by atoms with Crippen molar-refractivity contribution in [3.63, 3.8) is 0 Å². The van der Waals surface area contributed by atoms with E-state index in [0.717, 1.165) is 7.05 Å². The van der Waals surface area contributed by atoms with Crippen molar-refractivity contribution >= 4 is 46.5 Å². The number of nitrogens with one attached hydrogen (secondary N) is 1. The molecule has 0 bridgehead atoms. The summed E-state index contributed by atoms with van der Waals surface area (Å²) in [5, 5.41) is 10.2. The largest absolute Gasteiger partial charge is 0.465 e. The summed E-state index contributed by atoms with van der Waals surface area (Å²) in [6.07, 6.45) is -20.0. The van der Waals surface area contributed by atoms with Crippen LogP contribution < -0.4 is 10.3 Å². The number of nitrogens with zero attached hydrogens (tertiary/aromatic N) is 4. The summed E-state index contributed by atoms with van der Waals surface area (Å²) in [7, 11) is 0.891. The molecule has 0 spiro atoms. The van der Waals surface area contributed by atoms with E-state index in [4.69, 9.17) is 28.3 Å². The van der Waals surface area contributed by atoms with Gasteiger partial charge in [-0.05, 0) is 12.1 Å². The zero-order valence-corrected chi connectivity index (χ0v) is 17.5. The van der Waals surface area contributed by atoms with Gasteiger partial charge in [0.25, 0.3) is 0 Å². The Kier molecular flexibility index (Phi) is 6.24. The summed E-state index contributed by atoms with van der Waals surface area (Å²) in [5.41, 5.74) is -5.29. The van der Waals surface area contributed by atoms with Crippen LogP contribution in [0.15, 0.2) is 33.5 Å². The number of rotatable bonds is 2. The summed E-state index contributed by atoms with van der Waals surface area (Å²) in [5.74, 6) is -3.20. The summed E-state index contributed by atoms with van der Waals surface area (Å²) in [4.78, 5) is 17.0. The minimum absolute atomic E-state index is 0.352. The lowest BCUT2D eigenvalue weighted by Crippen LogP contribution is -2.44. The van der Waals surface area contributed by atoms with Crippen LogP contribution in [-0.4, -0.2) is 53.3 Å². The number of benzene rings is 1. The van der Waals surface area contributed by atoms with Crippen LogP contribution in [0.3, 0.4) is 0 Å². The average Bonchev–Trinajstić information content (AvgIpc) is 2.90. The summed E-state index contributed by atoms with van der Waals surface area (Å²) in [6, 6.07) is 0.704. The first kappa shape index (κ1) is 25.9. The van der Waals surface area contributed by atoms with Gasteiger partial charge in [0, 0.05) is 7.05 Å². The van der Waals surface area contributed by atoms with E-state index in [1.54, 1.807) is 5.32 Å². The van der Waals surface area contributed by atoms with Gasteiger partial charge in [-0.1, -0.05) is 23.2 Å². The highest BCUT2D eigenvalue weighted by Crippen LogP contribution is 2.46. The van der Waals surface area contributed by atoms with Gasteiger partial charge in [0.15, 0.2) is 11.9 Å². The minimum atomic E-state index is -5.52. The van der Waals surface area contributed by atoms with Crippen LogP contribution in [0.2, 0.25) is 10.0 Å². The zero-order valence-electron chi connectivity index (χ0n) is 16.0. The van der Waals surface area contributed by atoms with Crippen molar-refractivity contribution in [3.05, 3.63) is 39.1 Å². The van der Waals surface area contributed by atoms with Crippen molar-refractivity contribution in [2.24, 2.45) is 9.98 Å². The van der Waals surface area contributed by atoms with Gasteiger partial charge < -0.3 is 5.11 Å². The minimum Gasteiger partial charge on any atom is -0.465 e. The van der Waals surface area contributed by atoms with Gasteiger partial charge in [-0.2, -0.15) is 44.5 Å². The summed E-state index contributed by atoms with van der Waals surface area (Å²) < 4.78 is 120. The van der Waals surface area contributed by atoms with Gasteiger partial charge in [-0.15, -0.1) is 0 Å². The Hall–Kier alpha value is -2.72. The first-order chi connectivity index (χ1) is 15.3. The van der Waals surface area contributed by atoms with E-state index >= 15 is 0 Å². The van der Waals surface area contributed by atoms with Crippen LogP contribution in [0, 0.1) is 0 Å². The number of fused-ring (bicyclic) bond motifs is 1. The number of amides is 1. The average molecular weight is 544 g/mol. The third-order valence-electron chi connectivity index (χ3n) is 4.42. The lowest BCUT2D eigenvalue weighted by atomic mass is 10.1. The molecule has 1 amide bonds. The first-order valence-corrected chi connectivity index (χ1v) is 9.24. The highest BCUT2D eigenvalue weighted by molar-refractivity contribution is 6.39. The Morgan fingerprint density at radius 2 is 1.53 bits per heavy atom. The van der Waals surface area contributed by atoms with Crippen LogP contribution in [0.5, 0.6) is 0 Å². The molecule has 7 nitrogen and oxygen atoms in total. The molecular formula is C16H8Cl2F9N5O2. The second-order valence-corrected chi connectivity index (χ2v) is 7.46. The summed E-state index contributed by atoms with van der Waals surface area (Å²) >= 11 is 11.8. The molecule has 0 saturated carbocycles. The number of halogens is 11. The van der Waals surface area contributed by atoms with Gasteiger partial charge in [-0.25, -0.2) is 14.8 Å².